The molecule has 7 heteroatoms. The van der Waals surface area contributed by atoms with Gasteiger partial charge in [-0.1, -0.05) is 11.6 Å². The highest BCUT2D eigenvalue weighted by Crippen LogP contribution is 2.28. The third-order valence-corrected chi connectivity index (χ3v) is 2.67. The molecule has 0 saturated carbocycles. The number of hydrogen-bond acceptors (Lipinski definition) is 6. The summed E-state index contributed by atoms with van der Waals surface area (Å²) >= 11 is 6.04. The summed E-state index contributed by atoms with van der Waals surface area (Å²) in [6.07, 6.45) is 0. The van der Waals surface area contributed by atoms with Crippen LogP contribution in [0.4, 0.5) is 5.95 Å². The van der Waals surface area contributed by atoms with Crippen molar-refractivity contribution in [3.8, 4) is 17.8 Å². The van der Waals surface area contributed by atoms with E-state index in [1.54, 1.807) is 24.0 Å². The maximum absolute atomic E-state index is 8.79. The molecule has 1 aromatic heterocycles. The van der Waals surface area contributed by atoms with Gasteiger partial charge in [0.15, 0.2) is 0 Å². The minimum Gasteiger partial charge on any atom is -0.423 e. The van der Waals surface area contributed by atoms with E-state index in [-0.39, 0.29) is 6.01 Å². The molecule has 0 aliphatic carbocycles. The Balaban J connectivity index is 2.33. The van der Waals surface area contributed by atoms with Crippen LogP contribution in [0, 0.1) is 18.3 Å². The van der Waals surface area contributed by atoms with Crippen LogP contribution in [0.1, 0.15) is 11.4 Å². The molecule has 2 aromatic rings. The minimum atomic E-state index is 0.160. The summed E-state index contributed by atoms with van der Waals surface area (Å²) in [5, 5.41) is 9.12. The van der Waals surface area contributed by atoms with Crippen LogP contribution in [0.15, 0.2) is 18.2 Å². The van der Waals surface area contributed by atoms with Gasteiger partial charge in [0.05, 0.1) is 16.7 Å². The van der Waals surface area contributed by atoms with Crippen molar-refractivity contribution in [2.24, 2.45) is 0 Å². The Morgan fingerprint density at radius 1 is 1.25 bits per heavy atom. The zero-order valence-corrected chi connectivity index (χ0v) is 12.0. The van der Waals surface area contributed by atoms with Gasteiger partial charge in [-0.05, 0) is 25.1 Å². The molecule has 0 N–H and O–H groups in total. The van der Waals surface area contributed by atoms with Crippen LogP contribution in [0.25, 0.3) is 0 Å². The number of ether oxygens (including phenoxy) is 1. The van der Waals surface area contributed by atoms with E-state index in [4.69, 9.17) is 21.6 Å². The molecule has 20 heavy (non-hydrogen) atoms. The van der Waals surface area contributed by atoms with Crippen molar-refractivity contribution < 1.29 is 4.74 Å². The number of nitrogens with zero attached hydrogens (tertiary/aromatic N) is 5. The highest BCUT2D eigenvalue weighted by atomic mass is 35.5. The smallest absolute Gasteiger partial charge is 0.327 e. The first kappa shape index (κ1) is 14.0. The molecule has 1 heterocycles. The van der Waals surface area contributed by atoms with Crippen molar-refractivity contribution in [1.29, 1.82) is 5.26 Å². The second-order valence-electron chi connectivity index (χ2n) is 4.22. The highest BCUT2D eigenvalue weighted by Gasteiger charge is 2.10. The second kappa shape index (κ2) is 5.72. The summed E-state index contributed by atoms with van der Waals surface area (Å²) in [6, 6.07) is 6.91. The van der Waals surface area contributed by atoms with E-state index in [1.807, 2.05) is 20.2 Å². The number of anilines is 1. The Labute approximate surface area is 121 Å². The van der Waals surface area contributed by atoms with Crippen LogP contribution in [-0.2, 0) is 0 Å². The fraction of sp³-hybridized carbons (Fsp3) is 0.231. The predicted molar refractivity (Wildman–Crippen MR) is 75.1 cm³/mol. The van der Waals surface area contributed by atoms with Crippen molar-refractivity contribution in [3.63, 3.8) is 0 Å². The predicted octanol–water partition coefficient (Wildman–Crippen LogP) is 2.56. The third kappa shape index (κ3) is 3.13. The molecule has 6 nitrogen and oxygen atoms in total. The first-order valence-corrected chi connectivity index (χ1v) is 6.15. The third-order valence-electron chi connectivity index (χ3n) is 2.38. The molecule has 0 atom stereocenters. The number of nitriles is 1. The molecule has 0 bridgehead atoms. The molecule has 2 rings (SSSR count). The van der Waals surface area contributed by atoms with Gasteiger partial charge in [0.1, 0.15) is 11.6 Å². The molecule has 0 amide bonds. The van der Waals surface area contributed by atoms with Gasteiger partial charge in [-0.15, -0.1) is 0 Å². The van der Waals surface area contributed by atoms with Crippen LogP contribution >= 0.6 is 11.6 Å². The van der Waals surface area contributed by atoms with Gasteiger partial charge in [0.2, 0.25) is 5.95 Å². The van der Waals surface area contributed by atoms with Crippen LogP contribution in [0.5, 0.6) is 11.8 Å². The van der Waals surface area contributed by atoms with E-state index in [0.717, 1.165) is 0 Å². The largest absolute Gasteiger partial charge is 0.423 e. The van der Waals surface area contributed by atoms with Crippen LogP contribution in [-0.4, -0.2) is 29.0 Å². The monoisotopic (exact) mass is 289 g/mol. The standard InChI is InChI=1S/C13H12ClN5O/c1-8-16-12(19(2)3)18-13(17-8)20-11-5-4-9(7-15)6-10(11)14/h4-6H,1-3H3. The molecule has 0 saturated heterocycles. The lowest BCUT2D eigenvalue weighted by molar-refractivity contribution is 0.438. The molecule has 0 unspecified atom stereocenters. The van der Waals surface area contributed by atoms with Gasteiger partial charge in [-0.25, -0.2) is 0 Å². The quantitative estimate of drug-likeness (QED) is 0.864. The molecular weight excluding hydrogens is 278 g/mol. The van der Waals surface area contributed by atoms with Crippen molar-refractivity contribution in [2.75, 3.05) is 19.0 Å². The molecule has 1 aromatic carbocycles. The van der Waals surface area contributed by atoms with E-state index in [0.29, 0.717) is 28.1 Å². The number of aromatic nitrogens is 3. The summed E-state index contributed by atoms with van der Waals surface area (Å²) in [4.78, 5) is 14.2. The van der Waals surface area contributed by atoms with E-state index in [9.17, 15) is 0 Å². The highest BCUT2D eigenvalue weighted by molar-refractivity contribution is 6.32. The van der Waals surface area contributed by atoms with E-state index < -0.39 is 0 Å². The Hall–Kier alpha value is -2.39. The number of aryl methyl sites for hydroxylation is 1. The molecule has 0 aliphatic rings. The van der Waals surface area contributed by atoms with Crippen molar-refractivity contribution >= 4 is 17.5 Å². The summed E-state index contributed by atoms with van der Waals surface area (Å²) in [7, 11) is 3.65. The zero-order valence-electron chi connectivity index (χ0n) is 11.3. The number of hydrogen-bond donors (Lipinski definition) is 0. The van der Waals surface area contributed by atoms with Gasteiger partial charge >= 0.3 is 6.01 Å². The van der Waals surface area contributed by atoms with Crippen molar-refractivity contribution in [1.82, 2.24) is 15.0 Å². The van der Waals surface area contributed by atoms with E-state index >= 15 is 0 Å². The van der Waals surface area contributed by atoms with Gasteiger partial charge in [-0.3, -0.25) is 0 Å². The van der Waals surface area contributed by atoms with Crippen LogP contribution in [0.2, 0.25) is 5.02 Å². The van der Waals surface area contributed by atoms with Gasteiger partial charge in [0, 0.05) is 14.1 Å². The molecule has 0 spiro atoms. The lowest BCUT2D eigenvalue weighted by Gasteiger charge is -2.12. The normalized spacial score (nSPS) is 9.95. The Morgan fingerprint density at radius 2 is 2.00 bits per heavy atom. The SMILES string of the molecule is Cc1nc(Oc2ccc(C#N)cc2Cl)nc(N(C)C)n1. The maximum atomic E-state index is 8.79. The zero-order chi connectivity index (χ0) is 14.7. The van der Waals surface area contributed by atoms with Crippen molar-refractivity contribution in [3.05, 3.63) is 34.6 Å². The first-order chi connectivity index (χ1) is 9.49. The molecule has 0 aliphatic heterocycles. The van der Waals surface area contributed by atoms with Gasteiger partial charge in [0.25, 0.3) is 0 Å². The number of rotatable bonds is 3. The van der Waals surface area contributed by atoms with Gasteiger partial charge < -0.3 is 9.64 Å². The Bertz CT molecular complexity index is 681. The summed E-state index contributed by atoms with van der Waals surface area (Å²) in [5.41, 5.74) is 0.461. The first-order valence-electron chi connectivity index (χ1n) is 5.77. The fourth-order valence-electron chi connectivity index (χ4n) is 1.44. The number of benzene rings is 1. The molecule has 102 valence electrons. The lowest BCUT2D eigenvalue weighted by atomic mass is 10.2. The topological polar surface area (TPSA) is 74.9 Å². The van der Waals surface area contributed by atoms with E-state index in [1.165, 1.54) is 6.07 Å². The maximum Gasteiger partial charge on any atom is 0.327 e. The Morgan fingerprint density at radius 3 is 2.60 bits per heavy atom. The summed E-state index contributed by atoms with van der Waals surface area (Å²) in [5.74, 6) is 1.43. The average molecular weight is 290 g/mol. The molecule has 0 fully saturated rings. The van der Waals surface area contributed by atoms with Crippen molar-refractivity contribution in [2.45, 2.75) is 6.92 Å². The second-order valence-corrected chi connectivity index (χ2v) is 4.63. The van der Waals surface area contributed by atoms with Crippen LogP contribution < -0.4 is 9.64 Å². The summed E-state index contributed by atoms with van der Waals surface area (Å²) < 4.78 is 5.55. The summed E-state index contributed by atoms with van der Waals surface area (Å²) in [6.45, 7) is 1.75. The molecule has 0 radical (unpaired) electrons. The number of halogens is 1. The minimum absolute atomic E-state index is 0.160. The van der Waals surface area contributed by atoms with Crippen LogP contribution in [0.3, 0.4) is 0 Å². The van der Waals surface area contributed by atoms with Gasteiger partial charge in [-0.2, -0.15) is 20.2 Å². The Kier molecular flexibility index (Phi) is 4.01. The average Bonchev–Trinajstić information content (AvgIpc) is 2.40. The molecular formula is C13H12ClN5O. The van der Waals surface area contributed by atoms with E-state index in [2.05, 4.69) is 15.0 Å². The fourth-order valence-corrected chi connectivity index (χ4v) is 1.66. The lowest BCUT2D eigenvalue weighted by Crippen LogP contribution is -2.14.